The van der Waals surface area contributed by atoms with Crippen LogP contribution in [0.5, 0.6) is 0 Å². The van der Waals surface area contributed by atoms with Crippen molar-refractivity contribution >= 4 is 46.4 Å². The highest BCUT2D eigenvalue weighted by Crippen LogP contribution is 2.28. The van der Waals surface area contributed by atoms with Crippen LogP contribution < -0.4 is 14.7 Å². The largest absolute Gasteiger partial charge is 0.861 e. The standard InChI is InChI=1S/C25H23N5O4S/c1-33-16-15-29-17-23(34-28-29)27-22(31)18-35-25-26-21(14-8-11-19-9-4-2-5-10-19)24(32)30(25)20-12-6-3-7-13-20/h2-14,17H,15-16,18H2,1H3/b11-8+,21-14+. The fourth-order valence-electron chi connectivity index (χ4n) is 3.12. The SMILES string of the molecule is COCC[n+]1cc(/N=C(\[O-])CSC2=N/C(=C/C=C/c3ccccc3)C(=O)N2c2ccccc2)on1. The summed E-state index contributed by atoms with van der Waals surface area (Å²) < 4.78 is 11.5. The van der Waals surface area contributed by atoms with E-state index in [1.165, 1.54) is 15.8 Å². The molecule has 35 heavy (non-hydrogen) atoms. The molecular weight excluding hydrogens is 466 g/mol. The van der Waals surface area contributed by atoms with E-state index >= 15 is 0 Å². The van der Waals surface area contributed by atoms with Crippen LogP contribution in [0.2, 0.25) is 0 Å². The Hall–Kier alpha value is -4.02. The number of carbonyl (C=O) groups excluding carboxylic acids is 1. The third-order valence-corrected chi connectivity index (χ3v) is 5.69. The van der Waals surface area contributed by atoms with Gasteiger partial charge >= 0.3 is 5.88 Å². The van der Waals surface area contributed by atoms with Crippen LogP contribution in [-0.2, 0) is 16.1 Å². The molecule has 0 saturated heterocycles. The van der Waals surface area contributed by atoms with Crippen LogP contribution in [0.4, 0.5) is 11.6 Å². The molecule has 0 N–H and O–H groups in total. The number of amidine groups is 1. The molecule has 1 aromatic heterocycles. The number of hydrogen-bond donors (Lipinski definition) is 0. The number of benzene rings is 2. The van der Waals surface area contributed by atoms with Gasteiger partial charge in [-0.2, -0.15) is 0 Å². The summed E-state index contributed by atoms with van der Waals surface area (Å²) in [6.07, 6.45) is 6.87. The predicted molar refractivity (Wildman–Crippen MR) is 133 cm³/mol. The van der Waals surface area contributed by atoms with Gasteiger partial charge in [-0.1, -0.05) is 72.4 Å². The fourth-order valence-corrected chi connectivity index (χ4v) is 3.91. The zero-order chi connectivity index (χ0) is 24.5. The van der Waals surface area contributed by atoms with Crippen molar-refractivity contribution < 1.29 is 23.8 Å². The number of aliphatic imine (C=N–C) groups is 2. The van der Waals surface area contributed by atoms with Gasteiger partial charge in [0.05, 0.1) is 5.69 Å². The number of ether oxygens (including phenoxy) is 1. The lowest BCUT2D eigenvalue weighted by Crippen LogP contribution is -2.36. The zero-order valence-electron chi connectivity index (χ0n) is 19.0. The molecule has 0 aliphatic carbocycles. The summed E-state index contributed by atoms with van der Waals surface area (Å²) >= 11 is 1.13. The molecule has 10 heteroatoms. The molecule has 2 aromatic carbocycles. The number of carbonyl (C=O) groups is 1. The highest BCUT2D eigenvalue weighted by molar-refractivity contribution is 8.14. The molecule has 0 spiro atoms. The molecule has 0 saturated carbocycles. The summed E-state index contributed by atoms with van der Waals surface area (Å²) in [5.41, 5.74) is 1.96. The molecule has 0 unspecified atom stereocenters. The van der Waals surface area contributed by atoms with Crippen LogP contribution >= 0.6 is 11.8 Å². The summed E-state index contributed by atoms with van der Waals surface area (Å²) in [7, 11) is 1.59. The quantitative estimate of drug-likeness (QED) is 0.198. The van der Waals surface area contributed by atoms with Gasteiger partial charge < -0.3 is 9.84 Å². The average Bonchev–Trinajstić information content (AvgIpc) is 3.46. The lowest BCUT2D eigenvalue weighted by molar-refractivity contribution is -0.763. The number of aromatic nitrogens is 2. The van der Waals surface area contributed by atoms with Crippen LogP contribution in [0.1, 0.15) is 5.56 Å². The molecule has 9 nitrogen and oxygen atoms in total. The maximum Gasteiger partial charge on any atom is 0.320 e. The van der Waals surface area contributed by atoms with Crippen molar-refractivity contribution in [1.82, 2.24) is 5.27 Å². The highest BCUT2D eigenvalue weighted by Gasteiger charge is 2.31. The van der Waals surface area contributed by atoms with Crippen molar-refractivity contribution in [2.75, 3.05) is 24.4 Å². The van der Waals surface area contributed by atoms with Crippen molar-refractivity contribution in [3.8, 4) is 0 Å². The second kappa shape index (κ2) is 11.9. The lowest BCUT2D eigenvalue weighted by Gasteiger charge is -2.18. The minimum atomic E-state index is -0.436. The first-order valence-electron chi connectivity index (χ1n) is 10.8. The maximum atomic E-state index is 13.1. The van der Waals surface area contributed by atoms with Gasteiger partial charge in [0.1, 0.15) is 12.3 Å². The molecule has 178 valence electrons. The number of para-hydroxylation sites is 1. The Morgan fingerprint density at radius 2 is 1.94 bits per heavy atom. The van der Waals surface area contributed by atoms with Gasteiger partial charge in [0, 0.05) is 12.9 Å². The Kier molecular flexibility index (Phi) is 8.21. The molecular formula is C25H23N5O4S. The number of amides is 1. The lowest BCUT2D eigenvalue weighted by atomic mass is 10.2. The van der Waals surface area contributed by atoms with Gasteiger partial charge in [0.15, 0.2) is 5.17 Å². The Morgan fingerprint density at radius 3 is 2.69 bits per heavy atom. The summed E-state index contributed by atoms with van der Waals surface area (Å²) in [6, 6.07) is 18.9. The van der Waals surface area contributed by atoms with Crippen LogP contribution in [0.15, 0.2) is 99.2 Å². The molecule has 0 radical (unpaired) electrons. The molecule has 1 aliphatic rings. The van der Waals surface area contributed by atoms with E-state index in [4.69, 9.17) is 9.26 Å². The molecule has 0 atom stereocenters. The summed E-state index contributed by atoms with van der Waals surface area (Å²) in [5.74, 6) is -0.631. The number of hydrogen-bond acceptors (Lipinski definition) is 8. The smallest absolute Gasteiger partial charge is 0.320 e. The number of methoxy groups -OCH3 is 1. The average molecular weight is 490 g/mol. The van der Waals surface area contributed by atoms with Gasteiger partial charge in [0.25, 0.3) is 12.1 Å². The number of thioether (sulfide) groups is 1. The molecule has 0 bridgehead atoms. The van der Waals surface area contributed by atoms with Gasteiger partial charge in [-0.3, -0.25) is 14.2 Å². The first kappa shape index (κ1) is 24.1. The van der Waals surface area contributed by atoms with E-state index in [9.17, 15) is 9.90 Å². The minimum absolute atomic E-state index is 0.0264. The first-order valence-corrected chi connectivity index (χ1v) is 11.8. The van der Waals surface area contributed by atoms with Crippen molar-refractivity contribution in [2.45, 2.75) is 6.54 Å². The molecule has 4 rings (SSSR count). The number of rotatable bonds is 9. The Balaban J connectivity index is 1.50. The molecule has 2 heterocycles. The zero-order valence-corrected chi connectivity index (χ0v) is 19.8. The number of nitrogens with zero attached hydrogens (tertiary/aromatic N) is 5. The number of anilines is 1. The topological polar surface area (TPSA) is 107 Å². The fraction of sp³-hybridized carbons (Fsp3) is 0.160. The second-order valence-corrected chi connectivity index (χ2v) is 8.23. The Labute approximate surface area is 206 Å². The minimum Gasteiger partial charge on any atom is -0.861 e. The monoisotopic (exact) mass is 489 g/mol. The van der Waals surface area contributed by atoms with E-state index in [0.29, 0.717) is 24.0 Å². The van der Waals surface area contributed by atoms with Crippen LogP contribution in [0.3, 0.4) is 0 Å². The third-order valence-electron chi connectivity index (χ3n) is 4.77. The molecule has 1 aliphatic heterocycles. The Bertz CT molecular complexity index is 1270. The van der Waals surface area contributed by atoms with Gasteiger partial charge in [-0.05, 0) is 34.4 Å². The predicted octanol–water partition coefficient (Wildman–Crippen LogP) is 2.73. The van der Waals surface area contributed by atoms with E-state index in [0.717, 1.165) is 17.3 Å². The summed E-state index contributed by atoms with van der Waals surface area (Å²) in [5, 5.41) is 16.6. The third kappa shape index (κ3) is 6.52. The van der Waals surface area contributed by atoms with E-state index in [2.05, 4.69) is 15.3 Å². The van der Waals surface area contributed by atoms with Crippen molar-refractivity contribution in [2.24, 2.45) is 9.98 Å². The van der Waals surface area contributed by atoms with Crippen LogP contribution in [-0.4, -0.2) is 41.7 Å². The van der Waals surface area contributed by atoms with E-state index < -0.39 is 5.90 Å². The normalized spacial score (nSPS) is 15.4. The summed E-state index contributed by atoms with van der Waals surface area (Å²) in [6.45, 7) is 0.942. The summed E-state index contributed by atoms with van der Waals surface area (Å²) in [4.78, 5) is 23.1. The maximum absolute atomic E-state index is 13.1. The number of allylic oxidation sites excluding steroid dienone is 2. The molecule has 3 aromatic rings. The first-order chi connectivity index (χ1) is 17.1. The van der Waals surface area contributed by atoms with Crippen molar-refractivity contribution in [3.63, 3.8) is 0 Å². The van der Waals surface area contributed by atoms with Crippen LogP contribution in [0.25, 0.3) is 6.08 Å². The van der Waals surface area contributed by atoms with Crippen LogP contribution in [0, 0.1) is 0 Å². The highest BCUT2D eigenvalue weighted by atomic mass is 32.2. The van der Waals surface area contributed by atoms with Crippen molar-refractivity contribution in [1.29, 1.82) is 0 Å². The van der Waals surface area contributed by atoms with Crippen molar-refractivity contribution in [3.05, 3.63) is 90.3 Å². The molecule has 1 amide bonds. The Morgan fingerprint density at radius 1 is 1.20 bits per heavy atom. The second-order valence-electron chi connectivity index (χ2n) is 7.28. The van der Waals surface area contributed by atoms with Gasteiger partial charge in [-0.15, -0.1) is 0 Å². The van der Waals surface area contributed by atoms with Gasteiger partial charge in [0.2, 0.25) is 11.8 Å². The van der Waals surface area contributed by atoms with E-state index in [-0.39, 0.29) is 23.2 Å². The molecule has 0 fully saturated rings. The van der Waals surface area contributed by atoms with E-state index in [1.807, 2.05) is 66.7 Å². The van der Waals surface area contributed by atoms with Gasteiger partial charge in [-0.25, -0.2) is 9.98 Å². The van der Waals surface area contributed by atoms with E-state index in [1.54, 1.807) is 19.3 Å².